The molecule has 11 rings (SSSR count). The van der Waals surface area contributed by atoms with Gasteiger partial charge >= 0.3 is 6.09 Å². The van der Waals surface area contributed by atoms with E-state index in [-0.39, 0.29) is 65.9 Å². The van der Waals surface area contributed by atoms with Crippen molar-refractivity contribution in [3.63, 3.8) is 0 Å². The number of nitrogen functional groups attached to an aromatic ring is 1. The molecule has 0 radical (unpaired) electrons. The summed E-state index contributed by atoms with van der Waals surface area (Å²) in [6.07, 6.45) is 8.26. The molecule has 1 unspecified atom stereocenters. The highest BCUT2D eigenvalue weighted by atomic mass is 19.1. The summed E-state index contributed by atoms with van der Waals surface area (Å²) < 4.78 is 43.7. The lowest BCUT2D eigenvalue weighted by molar-refractivity contribution is -0.136. The number of anilines is 3. The van der Waals surface area contributed by atoms with Gasteiger partial charge in [0.05, 0.1) is 10.9 Å². The van der Waals surface area contributed by atoms with Gasteiger partial charge in [-0.2, -0.15) is 5.10 Å². The van der Waals surface area contributed by atoms with Crippen LogP contribution < -0.4 is 21.3 Å². The average molecular weight is 977 g/mol. The van der Waals surface area contributed by atoms with Crippen LogP contribution in [0.25, 0.3) is 33.8 Å². The molecule has 6 aliphatic rings. The fourth-order valence-electron chi connectivity index (χ4n) is 11.4. The van der Waals surface area contributed by atoms with Gasteiger partial charge in [0.2, 0.25) is 11.8 Å². The molecule has 1 aliphatic carbocycles. The van der Waals surface area contributed by atoms with E-state index in [2.05, 4.69) is 30.7 Å². The van der Waals surface area contributed by atoms with E-state index in [1.807, 2.05) is 31.6 Å². The van der Waals surface area contributed by atoms with Gasteiger partial charge < -0.3 is 39.9 Å². The monoisotopic (exact) mass is 976 g/mol. The Morgan fingerprint density at radius 1 is 0.930 bits per heavy atom. The number of rotatable bonds is 12. The molecule has 1 atom stereocenters. The van der Waals surface area contributed by atoms with Crippen LogP contribution in [0, 0.1) is 29.9 Å². The van der Waals surface area contributed by atoms with E-state index in [1.165, 1.54) is 18.5 Å². The minimum absolute atomic E-state index is 0.00818. The van der Waals surface area contributed by atoms with Gasteiger partial charge in [-0.05, 0) is 95.2 Å². The molecule has 20 nitrogen and oxygen atoms in total. The number of carbonyl (C=O) groups excluding carboxylic acids is 4. The number of halogens is 2. The zero-order valence-corrected chi connectivity index (χ0v) is 40.1. The number of imide groups is 1. The maximum absolute atomic E-state index is 15.2. The van der Waals surface area contributed by atoms with Crippen molar-refractivity contribution in [2.75, 3.05) is 81.5 Å². The molecular weight excluding hydrogens is 919 g/mol. The Morgan fingerprint density at radius 3 is 2.32 bits per heavy atom. The van der Waals surface area contributed by atoms with Gasteiger partial charge in [0.25, 0.3) is 5.91 Å². The van der Waals surface area contributed by atoms with Crippen molar-refractivity contribution in [2.24, 2.45) is 11.3 Å². The molecule has 22 heteroatoms. The van der Waals surface area contributed by atoms with E-state index < -0.39 is 29.7 Å². The highest BCUT2D eigenvalue weighted by Crippen LogP contribution is 2.49. The second-order valence-electron chi connectivity index (χ2n) is 20.7. The highest BCUT2D eigenvalue weighted by Gasteiger charge is 2.53. The molecule has 1 spiro atoms. The molecule has 1 aromatic carbocycles. The standard InChI is InChI=1S/C49H58F2N14O6/c1-26(2)65-46-39(44(52)54-25-55-46)40(59-65)41-38(43(71-60-41)30-4-5-30)45-53-18-32(27(3)56-45)29-10-14-63(15-11-29)48(69)70-20-37(67)62-12-8-28(9-13-62)19-61-21-49(22-61)23-64(24-49)42-33(50)16-31(17-34(42)51)57-35-6-7-36(66)58-47(35)68/h16-18,25-26,28-30,35,57H,4-15,19-24H2,1-3H3,(H2,52,54,55)(H,58,66,68). The fourth-order valence-corrected chi connectivity index (χ4v) is 11.4. The third kappa shape index (κ3) is 8.98. The topological polar surface area (TPSA) is 236 Å². The summed E-state index contributed by atoms with van der Waals surface area (Å²) in [4.78, 5) is 76.1. The van der Waals surface area contributed by atoms with Gasteiger partial charge in [-0.25, -0.2) is 38.2 Å². The largest absolute Gasteiger partial charge is 0.439 e. The van der Waals surface area contributed by atoms with E-state index in [1.54, 1.807) is 14.7 Å². The van der Waals surface area contributed by atoms with Gasteiger partial charge in [-0.15, -0.1) is 0 Å². The molecule has 4 aromatic heterocycles. The van der Waals surface area contributed by atoms with Gasteiger partial charge in [0.15, 0.2) is 35.5 Å². The quantitative estimate of drug-likeness (QED) is 0.137. The smallest absolute Gasteiger partial charge is 0.410 e. The lowest BCUT2D eigenvalue weighted by Gasteiger charge is -2.61. The molecule has 4 N–H and O–H groups in total. The van der Waals surface area contributed by atoms with Crippen molar-refractivity contribution in [1.82, 2.24) is 54.9 Å². The molecule has 374 valence electrons. The number of ether oxygens (including phenoxy) is 1. The average Bonchev–Trinajstić information content (AvgIpc) is 3.95. The predicted octanol–water partition coefficient (Wildman–Crippen LogP) is 5.16. The first kappa shape index (κ1) is 46.5. The second kappa shape index (κ2) is 18.4. The first-order chi connectivity index (χ1) is 34.2. The zero-order chi connectivity index (χ0) is 49.3. The number of nitrogens with zero attached hydrogens (tertiary/aromatic N) is 11. The third-order valence-corrected chi connectivity index (χ3v) is 15.2. The summed E-state index contributed by atoms with van der Waals surface area (Å²) in [6, 6.07) is 1.67. The van der Waals surface area contributed by atoms with E-state index in [0.29, 0.717) is 97.7 Å². The zero-order valence-electron chi connectivity index (χ0n) is 40.1. The number of hydrogen-bond acceptors (Lipinski definition) is 16. The molecule has 5 saturated heterocycles. The Labute approximate surface area is 408 Å². The number of nitrogens with two attached hydrogens (primary N) is 1. The van der Waals surface area contributed by atoms with Crippen LogP contribution in [0.1, 0.15) is 100 Å². The van der Waals surface area contributed by atoms with Crippen LogP contribution in [0.15, 0.2) is 29.2 Å². The van der Waals surface area contributed by atoms with Crippen molar-refractivity contribution in [3.05, 3.63) is 53.3 Å². The first-order valence-electron chi connectivity index (χ1n) is 24.8. The summed E-state index contributed by atoms with van der Waals surface area (Å²) in [5, 5.41) is 15.1. The molecule has 71 heavy (non-hydrogen) atoms. The van der Waals surface area contributed by atoms with Crippen molar-refractivity contribution in [2.45, 2.75) is 96.1 Å². The summed E-state index contributed by atoms with van der Waals surface area (Å²) in [7, 11) is 0. The van der Waals surface area contributed by atoms with E-state index in [4.69, 9.17) is 30.1 Å². The van der Waals surface area contributed by atoms with Crippen LogP contribution in [-0.2, 0) is 19.1 Å². The minimum atomic E-state index is -0.734. The molecular formula is C49H58F2N14O6. The Balaban J connectivity index is 0.619. The van der Waals surface area contributed by atoms with Crippen LogP contribution in [0.3, 0.4) is 0 Å². The van der Waals surface area contributed by atoms with Crippen LogP contribution >= 0.6 is 0 Å². The summed E-state index contributed by atoms with van der Waals surface area (Å²) in [5.74, 6) is -0.162. The number of benzene rings is 1. The molecule has 1 saturated carbocycles. The van der Waals surface area contributed by atoms with Crippen LogP contribution in [0.5, 0.6) is 0 Å². The van der Waals surface area contributed by atoms with Crippen molar-refractivity contribution >= 4 is 52.0 Å². The molecule has 6 fully saturated rings. The van der Waals surface area contributed by atoms with E-state index in [0.717, 1.165) is 62.3 Å². The SMILES string of the molecule is Cc1nc(-c2c(-c3nn(C(C)C)c4ncnc(N)c34)noc2C2CC2)ncc1C1CCN(C(=O)OCC(=O)N2CCC(CN3CC4(C3)CN(c3c(F)cc(NC5CCC(=O)NC5=O)cc3F)C4)CC2)CC1. The van der Waals surface area contributed by atoms with Crippen molar-refractivity contribution < 1.29 is 37.2 Å². The molecule has 9 heterocycles. The third-order valence-electron chi connectivity index (χ3n) is 15.2. The van der Waals surface area contributed by atoms with Crippen molar-refractivity contribution in [1.29, 1.82) is 0 Å². The van der Waals surface area contributed by atoms with Crippen molar-refractivity contribution in [3.8, 4) is 22.8 Å². The number of aryl methyl sites for hydroxylation is 1. The lowest BCUT2D eigenvalue weighted by atomic mass is 9.72. The summed E-state index contributed by atoms with van der Waals surface area (Å²) in [6.45, 7) is 11.5. The molecule has 0 bridgehead atoms. The maximum atomic E-state index is 15.2. The maximum Gasteiger partial charge on any atom is 0.410 e. The van der Waals surface area contributed by atoms with Crippen LogP contribution in [0.4, 0.5) is 30.8 Å². The lowest BCUT2D eigenvalue weighted by Crippen LogP contribution is -2.72. The van der Waals surface area contributed by atoms with Gasteiger partial charge in [0, 0.05) is 100 Å². The number of likely N-dealkylation sites (tertiary alicyclic amines) is 3. The molecule has 5 aromatic rings. The number of piperidine rings is 3. The van der Waals surface area contributed by atoms with Crippen LogP contribution in [-0.4, -0.2) is 145 Å². The second-order valence-corrected chi connectivity index (χ2v) is 20.7. The van der Waals surface area contributed by atoms with E-state index >= 15 is 8.78 Å². The van der Waals surface area contributed by atoms with Gasteiger partial charge in [-0.3, -0.25) is 19.7 Å². The minimum Gasteiger partial charge on any atom is -0.439 e. The normalized spacial score (nSPS) is 20.9. The molecule has 4 amide bonds. The number of hydrogen-bond donors (Lipinski definition) is 3. The van der Waals surface area contributed by atoms with Gasteiger partial charge in [-0.1, -0.05) is 5.16 Å². The number of nitrogens with one attached hydrogen (secondary N) is 2. The number of fused-ring (bicyclic) bond motifs is 1. The Morgan fingerprint density at radius 2 is 1.65 bits per heavy atom. The predicted molar refractivity (Wildman–Crippen MR) is 255 cm³/mol. The number of aromatic nitrogens is 7. The molecule has 5 aliphatic heterocycles. The van der Waals surface area contributed by atoms with E-state index in [9.17, 15) is 19.2 Å². The number of carbonyl (C=O) groups is 4. The first-order valence-corrected chi connectivity index (χ1v) is 24.8. The van der Waals surface area contributed by atoms with Gasteiger partial charge in [0.1, 0.15) is 35.3 Å². The van der Waals surface area contributed by atoms with Crippen LogP contribution in [0.2, 0.25) is 0 Å². The Bertz CT molecular complexity index is 2890. The number of amides is 4. The summed E-state index contributed by atoms with van der Waals surface area (Å²) in [5.41, 5.74) is 10.7. The fraction of sp³-hybridized carbons (Fsp3) is 0.551. The Kier molecular flexibility index (Phi) is 12.1. The highest BCUT2D eigenvalue weighted by molar-refractivity contribution is 6.02. The summed E-state index contributed by atoms with van der Waals surface area (Å²) >= 11 is 0. The Hall–Kier alpha value is -6.84.